The number of unbranched alkanes of at least 4 members (excludes halogenated alkanes) is 8. The summed E-state index contributed by atoms with van der Waals surface area (Å²) in [5, 5.41) is 23.2. The summed E-state index contributed by atoms with van der Waals surface area (Å²) in [5.41, 5.74) is 0. The van der Waals surface area contributed by atoms with Gasteiger partial charge in [0.2, 0.25) is 0 Å². The van der Waals surface area contributed by atoms with Crippen LogP contribution >= 0.6 is 0 Å². The van der Waals surface area contributed by atoms with E-state index in [-0.39, 0.29) is 4.65 Å². The maximum Gasteiger partial charge on any atom is 0.303 e. The number of aliphatic carboxylic acids is 1. The van der Waals surface area contributed by atoms with Crippen molar-refractivity contribution in [1.29, 1.82) is 0 Å². The zero-order chi connectivity index (χ0) is 19.4. The van der Waals surface area contributed by atoms with E-state index in [1.807, 2.05) is 6.92 Å². The maximum absolute atomic E-state index is 11.6. The Morgan fingerprint density at radius 3 is 1.92 bits per heavy atom. The van der Waals surface area contributed by atoms with Gasteiger partial charge in [0.25, 0.3) is 0 Å². The molecule has 1 atom stereocenters. The molecule has 5 heteroatoms. The molecule has 0 aromatic heterocycles. The number of quaternary nitrogens is 1. The first kappa shape index (κ1) is 26.6. The monoisotopic (exact) mass is 360 g/mol. The van der Waals surface area contributed by atoms with Gasteiger partial charge in [0.1, 0.15) is 6.67 Å². The summed E-state index contributed by atoms with van der Waals surface area (Å²) in [6, 6.07) is 0. The van der Waals surface area contributed by atoms with Crippen LogP contribution in [-0.4, -0.2) is 42.5 Å². The van der Waals surface area contributed by atoms with Gasteiger partial charge in [0.05, 0.1) is 13.6 Å². The van der Waals surface area contributed by atoms with Gasteiger partial charge in [-0.15, -0.1) is 0 Å². The normalized spacial score (nSPS) is 13.0. The van der Waals surface area contributed by atoms with Crippen molar-refractivity contribution in [1.82, 2.24) is 5.32 Å². The molecule has 0 rings (SSSR count). The Labute approximate surface area is 156 Å². The summed E-state index contributed by atoms with van der Waals surface area (Å²) >= 11 is 0. The minimum Gasteiger partial charge on any atom is -0.632 e. The van der Waals surface area contributed by atoms with Crippen LogP contribution in [0.1, 0.15) is 97.8 Å². The van der Waals surface area contributed by atoms with Gasteiger partial charge in [0, 0.05) is 13.0 Å². The minimum absolute atomic E-state index is 0.150. The standard InChI is InChI=1S/C10H24N2O.C10H20O2/c1-4-6-7-8-11-10-12(3,13)9-5-2;1-2-3-4-5-6-7-8-9-10(11)12/h11H,4-10H2,1-3H3;2-9H2,1H3,(H,11,12). The third-order valence-corrected chi connectivity index (χ3v) is 4.09. The van der Waals surface area contributed by atoms with Crippen molar-refractivity contribution in [3.63, 3.8) is 0 Å². The van der Waals surface area contributed by atoms with Gasteiger partial charge in [-0.25, -0.2) is 0 Å². The number of hydroxylamine groups is 3. The molecule has 0 fully saturated rings. The fourth-order valence-electron chi connectivity index (χ4n) is 2.60. The zero-order valence-electron chi connectivity index (χ0n) is 17.3. The van der Waals surface area contributed by atoms with Crippen LogP contribution in [0.4, 0.5) is 0 Å². The number of carboxylic acid groups (broad SMARTS) is 1. The molecule has 0 aliphatic heterocycles. The van der Waals surface area contributed by atoms with E-state index in [1.165, 1.54) is 51.4 Å². The van der Waals surface area contributed by atoms with E-state index in [2.05, 4.69) is 19.2 Å². The molecule has 152 valence electrons. The highest BCUT2D eigenvalue weighted by molar-refractivity contribution is 5.66. The van der Waals surface area contributed by atoms with Gasteiger partial charge < -0.3 is 15.0 Å². The Hall–Kier alpha value is -0.650. The molecule has 0 radical (unpaired) electrons. The molecular formula is C20H44N2O3. The summed E-state index contributed by atoms with van der Waals surface area (Å²) in [4.78, 5) is 10.1. The number of nitrogens with one attached hydrogen (secondary N) is 1. The average Bonchev–Trinajstić information content (AvgIpc) is 2.54. The number of rotatable bonds is 16. The Morgan fingerprint density at radius 1 is 0.880 bits per heavy atom. The molecule has 5 nitrogen and oxygen atoms in total. The highest BCUT2D eigenvalue weighted by atomic mass is 16.5. The number of carboxylic acids is 1. The fraction of sp³-hybridized carbons (Fsp3) is 0.950. The molecule has 0 saturated heterocycles. The van der Waals surface area contributed by atoms with Crippen molar-refractivity contribution >= 4 is 5.97 Å². The molecule has 0 aliphatic carbocycles. The molecule has 0 spiro atoms. The van der Waals surface area contributed by atoms with Crippen LogP contribution in [0.15, 0.2) is 0 Å². The Morgan fingerprint density at radius 2 is 1.40 bits per heavy atom. The average molecular weight is 361 g/mol. The molecule has 0 heterocycles. The van der Waals surface area contributed by atoms with Crippen LogP contribution in [0, 0.1) is 5.21 Å². The smallest absolute Gasteiger partial charge is 0.303 e. The first-order valence-electron chi connectivity index (χ1n) is 10.4. The Balaban J connectivity index is 0. The number of carbonyl (C=O) groups is 1. The van der Waals surface area contributed by atoms with Gasteiger partial charge in [-0.3, -0.25) is 10.1 Å². The van der Waals surface area contributed by atoms with Gasteiger partial charge in [-0.2, -0.15) is 0 Å². The maximum atomic E-state index is 11.6. The van der Waals surface area contributed by atoms with Crippen LogP contribution in [0.3, 0.4) is 0 Å². The second-order valence-electron chi connectivity index (χ2n) is 7.15. The third-order valence-electron chi connectivity index (χ3n) is 4.09. The van der Waals surface area contributed by atoms with Crippen molar-refractivity contribution in [2.45, 2.75) is 97.8 Å². The molecule has 0 bridgehead atoms. The quantitative estimate of drug-likeness (QED) is 0.170. The number of hydrogen-bond donors (Lipinski definition) is 2. The largest absolute Gasteiger partial charge is 0.632 e. The third kappa shape index (κ3) is 25.7. The van der Waals surface area contributed by atoms with Crippen LogP contribution in [-0.2, 0) is 4.79 Å². The molecule has 2 N–H and O–H groups in total. The van der Waals surface area contributed by atoms with E-state index < -0.39 is 5.97 Å². The SMILES string of the molecule is CCCCCCCCCC(=O)O.CCCCCNC[N+](C)([O-])CCC. The number of hydrogen-bond acceptors (Lipinski definition) is 3. The van der Waals surface area contributed by atoms with Crippen LogP contribution in [0.25, 0.3) is 0 Å². The van der Waals surface area contributed by atoms with Crippen molar-refractivity contribution in [3.05, 3.63) is 5.21 Å². The zero-order valence-corrected chi connectivity index (χ0v) is 17.3. The van der Waals surface area contributed by atoms with Crippen molar-refractivity contribution < 1.29 is 14.5 Å². The summed E-state index contributed by atoms with van der Waals surface area (Å²) < 4.78 is -0.150. The molecular weight excluding hydrogens is 316 g/mol. The molecule has 0 aliphatic rings. The van der Waals surface area contributed by atoms with Gasteiger partial charge in [-0.05, 0) is 19.3 Å². The Kier molecular flexibility index (Phi) is 20.9. The highest BCUT2D eigenvalue weighted by Crippen LogP contribution is 2.07. The molecule has 0 aromatic rings. The lowest BCUT2D eigenvalue weighted by Gasteiger charge is -2.38. The van der Waals surface area contributed by atoms with E-state index in [4.69, 9.17) is 5.11 Å². The van der Waals surface area contributed by atoms with Crippen LogP contribution in [0.5, 0.6) is 0 Å². The first-order valence-corrected chi connectivity index (χ1v) is 10.4. The predicted molar refractivity (Wildman–Crippen MR) is 107 cm³/mol. The predicted octanol–water partition coefficient (Wildman–Crippen LogP) is 5.29. The lowest BCUT2D eigenvalue weighted by Crippen LogP contribution is -2.45. The van der Waals surface area contributed by atoms with E-state index in [9.17, 15) is 10.0 Å². The highest BCUT2D eigenvalue weighted by Gasteiger charge is 2.06. The second-order valence-corrected chi connectivity index (χ2v) is 7.15. The summed E-state index contributed by atoms with van der Waals surface area (Å²) in [6.45, 7) is 8.67. The van der Waals surface area contributed by atoms with Crippen molar-refractivity contribution in [3.8, 4) is 0 Å². The van der Waals surface area contributed by atoms with E-state index in [0.29, 0.717) is 19.6 Å². The summed E-state index contributed by atoms with van der Waals surface area (Å²) in [7, 11) is 1.73. The van der Waals surface area contributed by atoms with Crippen molar-refractivity contribution in [2.24, 2.45) is 0 Å². The molecule has 0 aromatic carbocycles. The molecule has 1 unspecified atom stereocenters. The van der Waals surface area contributed by atoms with E-state index >= 15 is 0 Å². The Bertz CT molecular complexity index is 284. The van der Waals surface area contributed by atoms with E-state index in [1.54, 1.807) is 7.05 Å². The molecule has 0 saturated carbocycles. The van der Waals surface area contributed by atoms with Crippen molar-refractivity contribution in [2.75, 3.05) is 26.8 Å². The number of nitrogens with zero attached hydrogens (tertiary/aromatic N) is 1. The van der Waals surface area contributed by atoms with Crippen LogP contribution in [0.2, 0.25) is 0 Å². The molecule has 0 amide bonds. The second kappa shape index (κ2) is 19.7. The van der Waals surface area contributed by atoms with Crippen LogP contribution < -0.4 is 5.32 Å². The van der Waals surface area contributed by atoms with Gasteiger partial charge in [0.15, 0.2) is 0 Å². The van der Waals surface area contributed by atoms with Gasteiger partial charge >= 0.3 is 5.97 Å². The van der Waals surface area contributed by atoms with Gasteiger partial charge in [-0.1, -0.05) is 72.1 Å². The summed E-state index contributed by atoms with van der Waals surface area (Å²) in [6.07, 6.45) is 13.3. The molecule has 25 heavy (non-hydrogen) atoms. The van der Waals surface area contributed by atoms with E-state index in [0.717, 1.165) is 25.8 Å². The fourth-order valence-corrected chi connectivity index (χ4v) is 2.60. The lowest BCUT2D eigenvalue weighted by molar-refractivity contribution is -0.863. The summed E-state index contributed by atoms with van der Waals surface area (Å²) in [5.74, 6) is -0.663. The topological polar surface area (TPSA) is 72.4 Å². The minimum atomic E-state index is -0.663. The lowest BCUT2D eigenvalue weighted by atomic mass is 10.1. The first-order chi connectivity index (χ1) is 11.9.